The Balaban J connectivity index is 3.16. The summed E-state index contributed by atoms with van der Waals surface area (Å²) in [5.41, 5.74) is 1.70. The number of hydrogen-bond donors (Lipinski definition) is 1. The van der Waals surface area contributed by atoms with Crippen LogP contribution in [-0.2, 0) is 0 Å². The van der Waals surface area contributed by atoms with Crippen molar-refractivity contribution in [2.24, 2.45) is 5.92 Å². The number of hydrogen-bond acceptors (Lipinski definition) is 1. The molecule has 0 aromatic heterocycles. The Morgan fingerprint density at radius 3 is 2.27 bits per heavy atom. The third-order valence-electron chi connectivity index (χ3n) is 2.25. The zero-order valence-electron chi connectivity index (χ0n) is 8.80. The fraction of sp³-hybridized carbons (Fsp3) is 0.333. The van der Waals surface area contributed by atoms with Crippen molar-refractivity contribution in [1.29, 1.82) is 0 Å². The van der Waals surface area contributed by atoms with Crippen molar-refractivity contribution in [3.8, 4) is 0 Å². The van der Waals surface area contributed by atoms with Gasteiger partial charge in [-0.15, -0.1) is 0 Å². The molecule has 0 fully saturated rings. The van der Waals surface area contributed by atoms with Crippen LogP contribution in [0.3, 0.4) is 0 Å². The number of rotatable bonds is 3. The van der Waals surface area contributed by atoms with Crippen molar-refractivity contribution < 1.29 is 5.11 Å². The summed E-state index contributed by atoms with van der Waals surface area (Å²) < 4.78 is 0. The normalized spacial score (nSPS) is 12.3. The number of halogens is 2. The van der Waals surface area contributed by atoms with Crippen LogP contribution in [0.15, 0.2) is 23.8 Å². The van der Waals surface area contributed by atoms with Crippen LogP contribution in [0, 0.1) is 5.92 Å². The van der Waals surface area contributed by atoms with E-state index in [1.807, 2.05) is 19.9 Å². The zero-order chi connectivity index (χ0) is 11.4. The van der Waals surface area contributed by atoms with Gasteiger partial charge in [0.25, 0.3) is 0 Å². The monoisotopic (exact) mass is 244 g/mol. The lowest BCUT2D eigenvalue weighted by atomic mass is 10.0. The molecule has 0 bridgehead atoms. The highest BCUT2D eigenvalue weighted by molar-refractivity contribution is 6.37. The molecule has 0 atom stereocenters. The molecule has 3 heteroatoms. The molecule has 0 radical (unpaired) electrons. The van der Waals surface area contributed by atoms with Crippen molar-refractivity contribution in [3.63, 3.8) is 0 Å². The van der Waals surface area contributed by atoms with Gasteiger partial charge in [-0.05, 0) is 23.6 Å². The summed E-state index contributed by atoms with van der Waals surface area (Å²) in [4.78, 5) is 0. The van der Waals surface area contributed by atoms with Crippen LogP contribution < -0.4 is 0 Å². The Morgan fingerprint density at radius 2 is 1.87 bits per heavy atom. The minimum atomic E-state index is 0.0270. The van der Waals surface area contributed by atoms with Gasteiger partial charge in [0.1, 0.15) is 0 Å². The van der Waals surface area contributed by atoms with Gasteiger partial charge in [-0.2, -0.15) is 0 Å². The van der Waals surface area contributed by atoms with E-state index in [0.29, 0.717) is 10.0 Å². The largest absolute Gasteiger partial charge is 0.392 e. The standard InChI is InChI=1S/C12H14Cl2O/c1-8(2)9(7-15)6-10-11(13)4-3-5-12(10)14/h3-6,8,15H,7H2,1-2H3. The van der Waals surface area contributed by atoms with Crippen molar-refractivity contribution in [3.05, 3.63) is 39.4 Å². The predicted octanol–water partition coefficient (Wildman–Crippen LogP) is 4.03. The summed E-state index contributed by atoms with van der Waals surface area (Å²) in [5.74, 6) is 0.280. The van der Waals surface area contributed by atoms with Gasteiger partial charge in [0.05, 0.1) is 6.61 Å². The van der Waals surface area contributed by atoms with E-state index >= 15 is 0 Å². The molecule has 0 aliphatic carbocycles. The molecule has 0 unspecified atom stereocenters. The van der Waals surface area contributed by atoms with E-state index in [2.05, 4.69) is 0 Å². The maximum atomic E-state index is 9.19. The molecule has 0 aliphatic rings. The van der Waals surface area contributed by atoms with Gasteiger partial charge in [-0.25, -0.2) is 0 Å². The molecule has 1 aromatic carbocycles. The van der Waals surface area contributed by atoms with Crippen LogP contribution in [0.4, 0.5) is 0 Å². The smallest absolute Gasteiger partial charge is 0.0647 e. The number of benzene rings is 1. The van der Waals surface area contributed by atoms with E-state index in [-0.39, 0.29) is 12.5 Å². The SMILES string of the molecule is CC(C)C(=Cc1c(Cl)cccc1Cl)CO. The molecule has 0 saturated carbocycles. The Bertz CT molecular complexity index is 350. The second-order valence-electron chi connectivity index (χ2n) is 3.67. The predicted molar refractivity (Wildman–Crippen MR) is 66.4 cm³/mol. The van der Waals surface area contributed by atoms with Gasteiger partial charge in [-0.1, -0.05) is 49.2 Å². The lowest BCUT2D eigenvalue weighted by Gasteiger charge is -2.09. The fourth-order valence-corrected chi connectivity index (χ4v) is 1.74. The minimum Gasteiger partial charge on any atom is -0.392 e. The average molecular weight is 245 g/mol. The van der Waals surface area contributed by atoms with Crippen LogP contribution in [0.5, 0.6) is 0 Å². The van der Waals surface area contributed by atoms with Crippen molar-refractivity contribution in [2.75, 3.05) is 6.61 Å². The summed E-state index contributed by atoms with van der Waals surface area (Å²) in [5, 5.41) is 10.4. The average Bonchev–Trinajstić information content (AvgIpc) is 2.17. The molecule has 1 rings (SSSR count). The fourth-order valence-electron chi connectivity index (χ4n) is 1.23. The highest BCUT2D eigenvalue weighted by atomic mass is 35.5. The van der Waals surface area contributed by atoms with Crippen LogP contribution in [0.2, 0.25) is 10.0 Å². The highest BCUT2D eigenvalue weighted by Crippen LogP contribution is 2.27. The summed E-state index contributed by atoms with van der Waals surface area (Å²) in [7, 11) is 0. The molecular weight excluding hydrogens is 231 g/mol. The lowest BCUT2D eigenvalue weighted by molar-refractivity contribution is 0.320. The Labute approximate surface area is 100 Å². The third kappa shape index (κ3) is 3.23. The molecule has 15 heavy (non-hydrogen) atoms. The Hall–Kier alpha value is -0.500. The molecule has 1 aromatic rings. The summed E-state index contributed by atoms with van der Waals surface area (Å²) in [6.07, 6.45) is 1.86. The van der Waals surface area contributed by atoms with Crippen molar-refractivity contribution in [1.82, 2.24) is 0 Å². The molecule has 0 spiro atoms. The van der Waals surface area contributed by atoms with E-state index in [1.165, 1.54) is 0 Å². The van der Waals surface area contributed by atoms with Gasteiger partial charge in [0, 0.05) is 15.6 Å². The van der Waals surface area contributed by atoms with E-state index in [1.54, 1.807) is 18.2 Å². The van der Waals surface area contributed by atoms with Gasteiger partial charge < -0.3 is 5.11 Å². The van der Waals surface area contributed by atoms with E-state index in [0.717, 1.165) is 11.1 Å². The maximum absolute atomic E-state index is 9.19. The van der Waals surface area contributed by atoms with Gasteiger partial charge >= 0.3 is 0 Å². The summed E-state index contributed by atoms with van der Waals surface area (Å²) in [6.45, 7) is 4.07. The molecule has 1 N–H and O–H groups in total. The summed E-state index contributed by atoms with van der Waals surface area (Å²) in [6, 6.07) is 5.37. The number of aliphatic hydroxyl groups is 1. The first-order chi connectivity index (χ1) is 7.06. The minimum absolute atomic E-state index is 0.0270. The lowest BCUT2D eigenvalue weighted by Crippen LogP contribution is -1.99. The third-order valence-corrected chi connectivity index (χ3v) is 2.91. The summed E-state index contributed by atoms with van der Waals surface area (Å²) >= 11 is 12.0. The Kier molecular flexibility index (Phi) is 4.65. The van der Waals surface area contributed by atoms with Gasteiger partial charge in [0.15, 0.2) is 0 Å². The molecule has 0 aliphatic heterocycles. The topological polar surface area (TPSA) is 20.2 Å². The van der Waals surface area contributed by atoms with Gasteiger partial charge in [-0.3, -0.25) is 0 Å². The first-order valence-electron chi connectivity index (χ1n) is 4.81. The molecule has 1 nitrogen and oxygen atoms in total. The van der Waals surface area contributed by atoms with Gasteiger partial charge in [0.2, 0.25) is 0 Å². The number of aliphatic hydroxyl groups excluding tert-OH is 1. The Morgan fingerprint density at radius 1 is 1.33 bits per heavy atom. The quantitative estimate of drug-likeness (QED) is 0.852. The van der Waals surface area contributed by atoms with Crippen LogP contribution in [0.1, 0.15) is 19.4 Å². The molecule has 0 saturated heterocycles. The second-order valence-corrected chi connectivity index (χ2v) is 4.48. The molecule has 82 valence electrons. The van der Waals surface area contributed by atoms with Crippen molar-refractivity contribution in [2.45, 2.75) is 13.8 Å². The van der Waals surface area contributed by atoms with Crippen LogP contribution in [-0.4, -0.2) is 11.7 Å². The zero-order valence-corrected chi connectivity index (χ0v) is 10.3. The first-order valence-corrected chi connectivity index (χ1v) is 5.57. The molecule has 0 amide bonds. The second kappa shape index (κ2) is 5.55. The van der Waals surface area contributed by atoms with Crippen molar-refractivity contribution >= 4 is 29.3 Å². The van der Waals surface area contributed by atoms with E-state index in [4.69, 9.17) is 23.2 Å². The van der Waals surface area contributed by atoms with Crippen LogP contribution >= 0.6 is 23.2 Å². The molecule has 0 heterocycles. The van der Waals surface area contributed by atoms with Crippen LogP contribution in [0.25, 0.3) is 6.08 Å². The molecular formula is C12H14Cl2O. The van der Waals surface area contributed by atoms with E-state index in [9.17, 15) is 5.11 Å². The highest BCUT2D eigenvalue weighted by Gasteiger charge is 2.06. The first kappa shape index (κ1) is 12.6. The van der Waals surface area contributed by atoms with E-state index < -0.39 is 0 Å². The maximum Gasteiger partial charge on any atom is 0.0647 e.